The van der Waals surface area contributed by atoms with Gasteiger partial charge in [-0.1, -0.05) is 66.9 Å². The van der Waals surface area contributed by atoms with Crippen molar-refractivity contribution in [2.24, 2.45) is 0 Å². The Morgan fingerprint density at radius 1 is 1.24 bits per heavy atom. The average Bonchev–Trinajstić information content (AvgIpc) is 2.60. The van der Waals surface area contributed by atoms with Crippen molar-refractivity contribution in [2.75, 3.05) is 0 Å². The highest BCUT2D eigenvalue weighted by atomic mass is 32.2. The van der Waals surface area contributed by atoms with Crippen LogP contribution in [-0.4, -0.2) is 17.3 Å². The van der Waals surface area contributed by atoms with Crippen LogP contribution in [0.1, 0.15) is 27.2 Å². The Morgan fingerprint density at radius 2 is 2.04 bits per heavy atom. The second kappa shape index (κ2) is 12.3. The zero-order valence-corrected chi connectivity index (χ0v) is 16.2. The van der Waals surface area contributed by atoms with E-state index in [1.807, 2.05) is 56.4 Å². The second-order valence-corrected chi connectivity index (χ2v) is 7.34. The summed E-state index contributed by atoms with van der Waals surface area (Å²) in [7, 11) is 0. The highest BCUT2D eigenvalue weighted by Gasteiger charge is 2.15. The molecule has 0 saturated heterocycles. The Hall–Kier alpha value is -2.05. The van der Waals surface area contributed by atoms with Gasteiger partial charge in [-0.25, -0.2) is 4.98 Å². The van der Waals surface area contributed by atoms with Crippen LogP contribution in [0.15, 0.2) is 74.5 Å². The van der Waals surface area contributed by atoms with Crippen LogP contribution in [0.3, 0.4) is 0 Å². The molecule has 4 nitrogen and oxygen atoms in total. The summed E-state index contributed by atoms with van der Waals surface area (Å²) >= 11 is 2.73. The first-order valence-corrected chi connectivity index (χ1v) is 9.44. The zero-order chi connectivity index (χ0) is 18.5. The lowest BCUT2D eigenvalue weighted by Gasteiger charge is -2.10. The molecule has 0 aliphatic rings. The smallest absolute Gasteiger partial charge is 0.265 e. The van der Waals surface area contributed by atoms with Crippen molar-refractivity contribution < 1.29 is 9.59 Å². The van der Waals surface area contributed by atoms with Gasteiger partial charge in [-0.3, -0.25) is 14.9 Å². The maximum Gasteiger partial charge on any atom is 0.265 e. The van der Waals surface area contributed by atoms with Crippen molar-refractivity contribution >= 4 is 35.8 Å². The molecule has 0 spiro atoms. The van der Waals surface area contributed by atoms with Crippen LogP contribution in [-0.2, 0) is 9.59 Å². The fourth-order valence-corrected chi connectivity index (χ4v) is 3.45. The second-order valence-electron chi connectivity index (χ2n) is 4.85. The molecule has 1 N–H and O–H groups in total. The number of carbonyl (C=O) groups excluding carboxylic acids is 2. The number of pyridine rings is 1. The number of hydrogen-bond acceptors (Lipinski definition) is 5. The van der Waals surface area contributed by atoms with Gasteiger partial charge in [0, 0.05) is 11.1 Å². The molecule has 1 aromatic heterocycles. The molecule has 0 aromatic carbocycles. The molecule has 0 fully saturated rings. The molecule has 1 aromatic rings. The first-order valence-electron chi connectivity index (χ1n) is 7.80. The van der Waals surface area contributed by atoms with Gasteiger partial charge in [0.1, 0.15) is 5.03 Å². The Balaban J connectivity index is 2.95. The lowest BCUT2D eigenvalue weighted by molar-refractivity contribution is -0.121. The minimum Gasteiger partial charge on any atom is -0.294 e. The van der Waals surface area contributed by atoms with Crippen molar-refractivity contribution in [3.63, 3.8) is 0 Å². The molecular formula is C19H22N2O2S2. The molecule has 132 valence electrons. The molecule has 0 saturated carbocycles. The minimum atomic E-state index is -0.413. The number of nitrogens with one attached hydrogen (secondary N) is 1. The van der Waals surface area contributed by atoms with Crippen LogP contribution in [0.2, 0.25) is 0 Å². The van der Waals surface area contributed by atoms with Crippen LogP contribution in [0.4, 0.5) is 0 Å². The van der Waals surface area contributed by atoms with Gasteiger partial charge >= 0.3 is 0 Å². The van der Waals surface area contributed by atoms with Gasteiger partial charge in [0.25, 0.3) is 5.91 Å². The lowest BCUT2D eigenvalue weighted by atomic mass is 10.4. The third-order valence-electron chi connectivity index (χ3n) is 2.80. The molecule has 1 rings (SSSR count). The van der Waals surface area contributed by atoms with Gasteiger partial charge in [0.05, 0.1) is 4.91 Å². The largest absolute Gasteiger partial charge is 0.294 e. The molecule has 0 aliphatic carbocycles. The first-order chi connectivity index (χ1) is 12.1. The third kappa shape index (κ3) is 8.56. The fraction of sp³-hybridized carbons (Fsp3) is 0.211. The summed E-state index contributed by atoms with van der Waals surface area (Å²) in [5, 5.41) is 3.01. The van der Waals surface area contributed by atoms with E-state index >= 15 is 0 Å². The van der Waals surface area contributed by atoms with Gasteiger partial charge in [0.15, 0.2) is 0 Å². The lowest BCUT2D eigenvalue weighted by Crippen LogP contribution is -2.22. The number of nitrogens with zero attached hydrogens (tertiary/aromatic N) is 1. The van der Waals surface area contributed by atoms with E-state index in [1.165, 1.54) is 23.5 Å². The van der Waals surface area contributed by atoms with Gasteiger partial charge in [-0.05, 0) is 37.3 Å². The summed E-state index contributed by atoms with van der Waals surface area (Å²) in [5.74, 6) is -0.413. The Kier molecular flexibility index (Phi) is 10.4. The van der Waals surface area contributed by atoms with Crippen molar-refractivity contribution in [3.05, 3.63) is 69.5 Å². The molecule has 2 amide bonds. The number of thioether (sulfide) groups is 2. The van der Waals surface area contributed by atoms with Gasteiger partial charge < -0.3 is 0 Å². The highest BCUT2D eigenvalue weighted by Crippen LogP contribution is 2.35. The van der Waals surface area contributed by atoms with Gasteiger partial charge in [0.2, 0.25) is 6.41 Å². The number of hydrogen-bond donors (Lipinski definition) is 1. The van der Waals surface area contributed by atoms with Crippen LogP contribution in [0.5, 0.6) is 0 Å². The summed E-state index contributed by atoms with van der Waals surface area (Å²) in [4.78, 5) is 29.3. The number of aromatic nitrogens is 1. The Labute approximate surface area is 157 Å². The van der Waals surface area contributed by atoms with Crippen molar-refractivity contribution in [3.8, 4) is 0 Å². The van der Waals surface area contributed by atoms with Crippen LogP contribution in [0, 0.1) is 0 Å². The molecule has 0 bridgehead atoms. The van der Waals surface area contributed by atoms with Crippen molar-refractivity contribution in [1.29, 1.82) is 0 Å². The molecule has 0 aliphatic heterocycles. The predicted octanol–water partition coefficient (Wildman–Crippen LogP) is 4.84. The Morgan fingerprint density at radius 3 is 2.68 bits per heavy atom. The number of amides is 2. The predicted molar refractivity (Wildman–Crippen MR) is 107 cm³/mol. The van der Waals surface area contributed by atoms with E-state index in [0.29, 0.717) is 11.3 Å². The van der Waals surface area contributed by atoms with E-state index in [0.717, 1.165) is 21.3 Å². The normalized spacial score (nSPS) is 13.2. The molecule has 1 heterocycles. The van der Waals surface area contributed by atoms with Crippen LogP contribution < -0.4 is 5.32 Å². The van der Waals surface area contributed by atoms with Gasteiger partial charge in [-0.15, -0.1) is 0 Å². The monoisotopic (exact) mass is 374 g/mol. The molecule has 0 unspecified atom stereocenters. The molecule has 0 radical (unpaired) electrons. The van der Waals surface area contributed by atoms with E-state index < -0.39 is 5.91 Å². The molecular weight excluding hydrogens is 352 g/mol. The van der Waals surface area contributed by atoms with E-state index in [2.05, 4.69) is 23.3 Å². The van der Waals surface area contributed by atoms with E-state index in [-0.39, 0.29) is 0 Å². The van der Waals surface area contributed by atoms with Gasteiger partial charge in [-0.2, -0.15) is 0 Å². The summed E-state index contributed by atoms with van der Waals surface area (Å²) in [5.41, 5.74) is 0. The summed E-state index contributed by atoms with van der Waals surface area (Å²) in [6, 6.07) is 5.60. The summed E-state index contributed by atoms with van der Waals surface area (Å²) in [6.45, 7) is 5.84. The number of carbonyl (C=O) groups is 2. The maximum atomic E-state index is 12.2. The minimum absolute atomic E-state index is 0.399. The number of imide groups is 1. The average molecular weight is 375 g/mol. The first kappa shape index (κ1) is 21.0. The Bertz CT molecular complexity index is 693. The molecule has 0 atom stereocenters. The van der Waals surface area contributed by atoms with Crippen LogP contribution in [0.25, 0.3) is 0 Å². The van der Waals surface area contributed by atoms with E-state index in [4.69, 9.17) is 0 Å². The third-order valence-corrected chi connectivity index (χ3v) is 5.04. The maximum absolute atomic E-state index is 12.2. The van der Waals surface area contributed by atoms with E-state index in [1.54, 1.807) is 6.20 Å². The summed E-state index contributed by atoms with van der Waals surface area (Å²) < 4.78 is 0. The molecule has 25 heavy (non-hydrogen) atoms. The highest BCUT2D eigenvalue weighted by molar-refractivity contribution is 8.09. The molecule has 6 heteroatoms. The topological polar surface area (TPSA) is 59.1 Å². The van der Waals surface area contributed by atoms with E-state index in [9.17, 15) is 9.59 Å². The quantitative estimate of drug-likeness (QED) is 0.290. The standard InChI is InChI=1S/C19H22N2O2S2/c1-4-5-6-7-8-11-15(2)24-18(19(23)21-14-22)16(3)25-17-12-9-10-13-20-17/h5-14H,4H2,1-3H3,(H,21,22,23)/b6-5+,8-7-,15-11+,18-16-. The van der Waals surface area contributed by atoms with Crippen molar-refractivity contribution in [1.82, 2.24) is 10.3 Å². The zero-order valence-electron chi connectivity index (χ0n) is 14.6. The number of rotatable bonds is 9. The fourth-order valence-electron chi connectivity index (χ4n) is 1.67. The van der Waals surface area contributed by atoms with Crippen molar-refractivity contribution in [2.45, 2.75) is 32.2 Å². The van der Waals surface area contributed by atoms with Crippen LogP contribution >= 0.6 is 23.5 Å². The SMILES string of the molecule is CC/C=C/C=C\C=C(/C)S/C(C(=O)NC=O)=C(/C)Sc1ccccn1. The number of allylic oxidation sites excluding steroid dienone is 7. The summed E-state index contributed by atoms with van der Waals surface area (Å²) in [6.07, 6.45) is 12.9.